The summed E-state index contributed by atoms with van der Waals surface area (Å²) in [5.74, 6) is 1.35. The number of amides is 1. The maximum atomic E-state index is 12.9. The molecule has 6 heteroatoms. The van der Waals surface area contributed by atoms with Crippen LogP contribution in [0.15, 0.2) is 22.8 Å². The molecule has 1 saturated heterocycles. The zero-order chi connectivity index (χ0) is 18.0. The molecule has 1 aliphatic heterocycles. The Morgan fingerprint density at radius 2 is 2.16 bits per heavy atom. The van der Waals surface area contributed by atoms with Crippen LogP contribution in [-0.2, 0) is 11.3 Å². The van der Waals surface area contributed by atoms with E-state index >= 15 is 0 Å². The quantitative estimate of drug-likeness (QED) is 0.813. The van der Waals surface area contributed by atoms with Gasteiger partial charge in [0.15, 0.2) is 0 Å². The van der Waals surface area contributed by atoms with E-state index in [1.54, 1.807) is 17.6 Å². The fourth-order valence-electron chi connectivity index (χ4n) is 3.56. The molecule has 1 fully saturated rings. The molecule has 1 amide bonds. The maximum Gasteiger partial charge on any atom is 0.226 e. The monoisotopic (exact) mass is 361 g/mol. The second kappa shape index (κ2) is 7.70. The Balaban J connectivity index is 1.55. The molecule has 3 heterocycles. The van der Waals surface area contributed by atoms with Crippen molar-refractivity contribution < 1.29 is 9.21 Å². The lowest BCUT2D eigenvalue weighted by molar-refractivity contribution is -0.137. The van der Waals surface area contributed by atoms with E-state index in [0.29, 0.717) is 0 Å². The third-order valence-electron chi connectivity index (χ3n) is 5.16. The van der Waals surface area contributed by atoms with Crippen molar-refractivity contribution in [1.82, 2.24) is 14.8 Å². The lowest BCUT2D eigenvalue weighted by Crippen LogP contribution is -2.41. The standard InChI is InChI=1S/C19H27N3O2S/c1-13(18-14(2)25-15(3)20-18)21(4)19(23)16-7-9-22(10-8-16)12-17-6-5-11-24-17/h5-6,11,13,16H,7-10,12H2,1-4H3/t13-/m1/s1. The maximum absolute atomic E-state index is 12.9. The molecule has 0 radical (unpaired) electrons. The molecule has 0 spiro atoms. The van der Waals surface area contributed by atoms with Gasteiger partial charge >= 0.3 is 0 Å². The molecule has 2 aromatic rings. The summed E-state index contributed by atoms with van der Waals surface area (Å²) in [6.45, 7) is 8.89. The van der Waals surface area contributed by atoms with Crippen molar-refractivity contribution in [2.24, 2.45) is 5.92 Å². The van der Waals surface area contributed by atoms with Crippen LogP contribution in [0, 0.1) is 19.8 Å². The summed E-state index contributed by atoms with van der Waals surface area (Å²) >= 11 is 1.70. The summed E-state index contributed by atoms with van der Waals surface area (Å²) in [5, 5.41) is 1.06. The van der Waals surface area contributed by atoms with Crippen molar-refractivity contribution in [2.45, 2.75) is 46.2 Å². The van der Waals surface area contributed by atoms with Gasteiger partial charge in [0, 0.05) is 17.8 Å². The highest BCUT2D eigenvalue weighted by Gasteiger charge is 2.30. The molecule has 0 aromatic carbocycles. The second-order valence-electron chi connectivity index (χ2n) is 6.93. The number of hydrogen-bond acceptors (Lipinski definition) is 5. The molecule has 0 aliphatic carbocycles. The normalized spacial score (nSPS) is 17.6. The third kappa shape index (κ3) is 4.12. The number of nitrogens with zero attached hydrogens (tertiary/aromatic N) is 3. The molecule has 136 valence electrons. The fourth-order valence-corrected chi connectivity index (χ4v) is 4.46. The first-order valence-corrected chi connectivity index (χ1v) is 9.72. The van der Waals surface area contributed by atoms with Gasteiger partial charge in [-0.15, -0.1) is 11.3 Å². The highest BCUT2D eigenvalue weighted by molar-refractivity contribution is 7.11. The number of rotatable bonds is 5. The van der Waals surface area contributed by atoms with Gasteiger partial charge in [-0.2, -0.15) is 0 Å². The Hall–Kier alpha value is -1.66. The Bertz CT molecular complexity index is 702. The van der Waals surface area contributed by atoms with Gasteiger partial charge in [0.25, 0.3) is 0 Å². The van der Waals surface area contributed by atoms with Gasteiger partial charge < -0.3 is 9.32 Å². The molecule has 1 atom stereocenters. The van der Waals surface area contributed by atoms with Crippen LogP contribution in [0.2, 0.25) is 0 Å². The Kier molecular flexibility index (Phi) is 5.59. The van der Waals surface area contributed by atoms with Crippen molar-refractivity contribution in [3.8, 4) is 0 Å². The van der Waals surface area contributed by atoms with Crippen molar-refractivity contribution >= 4 is 17.2 Å². The molecule has 1 aliphatic rings. The number of carbonyl (C=O) groups excluding carboxylic acids is 1. The van der Waals surface area contributed by atoms with E-state index in [4.69, 9.17) is 4.42 Å². The zero-order valence-electron chi connectivity index (χ0n) is 15.5. The average Bonchev–Trinajstić information content (AvgIpc) is 3.22. The minimum Gasteiger partial charge on any atom is -0.468 e. The van der Waals surface area contributed by atoms with Crippen molar-refractivity contribution in [3.63, 3.8) is 0 Å². The zero-order valence-corrected chi connectivity index (χ0v) is 16.3. The van der Waals surface area contributed by atoms with E-state index in [0.717, 1.165) is 48.9 Å². The van der Waals surface area contributed by atoms with E-state index < -0.39 is 0 Å². The topological polar surface area (TPSA) is 49.6 Å². The van der Waals surface area contributed by atoms with E-state index in [1.807, 2.05) is 31.0 Å². The minimum absolute atomic E-state index is 0.0265. The number of furan rings is 1. The first-order chi connectivity index (χ1) is 12.0. The molecule has 0 unspecified atom stereocenters. The van der Waals surface area contributed by atoms with Gasteiger partial charge in [-0.25, -0.2) is 4.98 Å². The summed E-state index contributed by atoms with van der Waals surface area (Å²) in [6.07, 6.45) is 3.53. The SMILES string of the molecule is Cc1nc([C@@H](C)N(C)C(=O)C2CCN(Cc3ccco3)CC2)c(C)s1. The number of aryl methyl sites for hydroxylation is 2. The molecule has 3 rings (SSSR count). The lowest BCUT2D eigenvalue weighted by atomic mass is 9.94. The highest BCUT2D eigenvalue weighted by Crippen LogP contribution is 2.29. The van der Waals surface area contributed by atoms with Crippen LogP contribution in [-0.4, -0.2) is 40.8 Å². The molecule has 2 aromatic heterocycles. The Morgan fingerprint density at radius 1 is 1.44 bits per heavy atom. The van der Waals surface area contributed by atoms with Crippen molar-refractivity contribution in [1.29, 1.82) is 0 Å². The molecule has 0 bridgehead atoms. The van der Waals surface area contributed by atoms with Crippen LogP contribution in [0.4, 0.5) is 0 Å². The predicted octanol–water partition coefficient (Wildman–Crippen LogP) is 3.78. The summed E-state index contributed by atoms with van der Waals surface area (Å²) in [5.41, 5.74) is 1.04. The van der Waals surface area contributed by atoms with E-state index in [-0.39, 0.29) is 17.9 Å². The first kappa shape index (κ1) is 18.1. The van der Waals surface area contributed by atoms with Gasteiger partial charge in [-0.3, -0.25) is 9.69 Å². The van der Waals surface area contributed by atoms with Crippen molar-refractivity contribution in [3.05, 3.63) is 39.7 Å². The molecule has 0 saturated carbocycles. The average molecular weight is 362 g/mol. The van der Waals surface area contributed by atoms with Crippen LogP contribution in [0.5, 0.6) is 0 Å². The van der Waals surface area contributed by atoms with E-state index in [1.165, 1.54) is 4.88 Å². The smallest absolute Gasteiger partial charge is 0.226 e. The van der Waals surface area contributed by atoms with Gasteiger partial charge in [0.2, 0.25) is 5.91 Å². The summed E-state index contributed by atoms with van der Waals surface area (Å²) in [7, 11) is 1.91. The van der Waals surface area contributed by atoms with Gasteiger partial charge in [-0.1, -0.05) is 0 Å². The summed E-state index contributed by atoms with van der Waals surface area (Å²) in [4.78, 5) is 23.0. The van der Waals surface area contributed by atoms with Gasteiger partial charge in [0.1, 0.15) is 5.76 Å². The van der Waals surface area contributed by atoms with E-state index in [2.05, 4.69) is 23.7 Å². The molecular weight excluding hydrogens is 334 g/mol. The van der Waals surface area contributed by atoms with Crippen LogP contribution >= 0.6 is 11.3 Å². The minimum atomic E-state index is 0.0265. The number of piperidine rings is 1. The molecular formula is C19H27N3O2S. The third-order valence-corrected chi connectivity index (χ3v) is 6.06. The highest BCUT2D eigenvalue weighted by atomic mass is 32.1. The number of aromatic nitrogens is 1. The Morgan fingerprint density at radius 3 is 2.72 bits per heavy atom. The number of thiazole rings is 1. The fraction of sp³-hybridized carbons (Fsp3) is 0.579. The van der Waals surface area contributed by atoms with Gasteiger partial charge in [-0.05, 0) is 58.8 Å². The summed E-state index contributed by atoms with van der Waals surface area (Å²) < 4.78 is 5.42. The van der Waals surface area contributed by atoms with Crippen LogP contribution < -0.4 is 0 Å². The second-order valence-corrected chi connectivity index (χ2v) is 8.34. The van der Waals surface area contributed by atoms with Crippen LogP contribution in [0.1, 0.15) is 47.1 Å². The molecule has 5 nitrogen and oxygen atoms in total. The van der Waals surface area contributed by atoms with Crippen molar-refractivity contribution in [2.75, 3.05) is 20.1 Å². The molecule has 25 heavy (non-hydrogen) atoms. The van der Waals surface area contributed by atoms with Gasteiger partial charge in [0.05, 0.1) is 29.6 Å². The van der Waals surface area contributed by atoms with Crippen LogP contribution in [0.25, 0.3) is 0 Å². The first-order valence-electron chi connectivity index (χ1n) is 8.91. The van der Waals surface area contributed by atoms with Crippen LogP contribution in [0.3, 0.4) is 0 Å². The number of likely N-dealkylation sites (tertiary alicyclic amines) is 1. The largest absolute Gasteiger partial charge is 0.468 e. The summed E-state index contributed by atoms with van der Waals surface area (Å²) in [6, 6.07) is 3.95. The van der Waals surface area contributed by atoms with E-state index in [9.17, 15) is 4.79 Å². The number of carbonyl (C=O) groups is 1. The molecule has 0 N–H and O–H groups in total. The number of hydrogen-bond donors (Lipinski definition) is 0. The Labute approximate surface area is 153 Å². The lowest BCUT2D eigenvalue weighted by Gasteiger charge is -2.34. The predicted molar refractivity (Wildman–Crippen MR) is 99.5 cm³/mol.